The molecule has 1 aromatic carbocycles. The molecular formula is C28H35N3O5. The Kier molecular flexibility index (Phi) is 6.73. The van der Waals surface area contributed by atoms with Crippen LogP contribution in [0.25, 0.3) is 22.1 Å². The van der Waals surface area contributed by atoms with E-state index in [1.54, 1.807) is 23.2 Å². The lowest BCUT2D eigenvalue weighted by Crippen LogP contribution is -2.36. The Hall–Kier alpha value is -3.55. The number of carbonyl (C=O) groups is 2. The molecule has 2 N–H and O–H groups in total. The monoisotopic (exact) mass is 493 g/mol. The first-order valence-corrected chi connectivity index (χ1v) is 12.3. The molecule has 1 aliphatic heterocycles. The van der Waals surface area contributed by atoms with E-state index in [4.69, 9.17) is 9.15 Å². The van der Waals surface area contributed by atoms with Crippen LogP contribution in [0.15, 0.2) is 45.9 Å². The number of amides is 2. The Morgan fingerprint density at radius 2 is 1.94 bits per heavy atom. The Balaban J connectivity index is 1.59. The first-order valence-electron chi connectivity index (χ1n) is 12.3. The van der Waals surface area contributed by atoms with Gasteiger partial charge in [0.05, 0.1) is 5.56 Å². The average Bonchev–Trinajstić information content (AvgIpc) is 3.42. The molecule has 0 bridgehead atoms. The van der Waals surface area contributed by atoms with Gasteiger partial charge in [0.25, 0.3) is 11.5 Å². The minimum atomic E-state index is -0.556. The number of carbonyl (C=O) groups excluding carboxylic acids is 2. The van der Waals surface area contributed by atoms with Gasteiger partial charge in [-0.15, -0.1) is 0 Å². The number of rotatable bonds is 4. The fraction of sp³-hybridized carbons (Fsp3) is 0.464. The number of hydrogen-bond donors (Lipinski definition) is 2. The van der Waals surface area contributed by atoms with Gasteiger partial charge in [0.1, 0.15) is 17.4 Å². The number of aromatic amines is 1. The summed E-state index contributed by atoms with van der Waals surface area (Å²) in [6.45, 7) is 13.3. The van der Waals surface area contributed by atoms with Crippen LogP contribution >= 0.6 is 0 Å². The van der Waals surface area contributed by atoms with Crippen molar-refractivity contribution in [3.05, 3.63) is 58.2 Å². The Morgan fingerprint density at radius 1 is 1.19 bits per heavy atom. The molecule has 4 rings (SSSR count). The van der Waals surface area contributed by atoms with Gasteiger partial charge in [-0.25, -0.2) is 4.79 Å². The summed E-state index contributed by atoms with van der Waals surface area (Å²) in [5, 5.41) is 3.51. The first-order chi connectivity index (χ1) is 16.8. The van der Waals surface area contributed by atoms with Gasteiger partial charge in [-0.05, 0) is 68.4 Å². The van der Waals surface area contributed by atoms with Gasteiger partial charge in [-0.1, -0.05) is 20.8 Å². The van der Waals surface area contributed by atoms with E-state index >= 15 is 0 Å². The third-order valence-electron chi connectivity index (χ3n) is 6.35. The molecule has 0 aliphatic carbocycles. The molecule has 0 spiro atoms. The number of fused-ring (bicyclic) bond motifs is 1. The Bertz CT molecular complexity index is 1340. The second-order valence-corrected chi connectivity index (χ2v) is 11.5. The number of aromatic nitrogens is 1. The summed E-state index contributed by atoms with van der Waals surface area (Å²) in [4.78, 5) is 42.6. The maximum absolute atomic E-state index is 13.6. The van der Waals surface area contributed by atoms with E-state index in [0.29, 0.717) is 41.7 Å². The zero-order chi connectivity index (χ0) is 26.3. The molecular weight excluding hydrogens is 458 g/mol. The van der Waals surface area contributed by atoms with Crippen molar-refractivity contribution < 1.29 is 18.7 Å². The molecule has 1 atom stereocenters. The number of nitrogens with zero attached hydrogens (tertiary/aromatic N) is 1. The predicted molar refractivity (Wildman–Crippen MR) is 139 cm³/mol. The number of pyridine rings is 1. The number of likely N-dealkylation sites (tertiary alicyclic amines) is 1. The van der Waals surface area contributed by atoms with Crippen LogP contribution in [0.4, 0.5) is 4.79 Å². The van der Waals surface area contributed by atoms with Crippen molar-refractivity contribution in [2.45, 2.75) is 59.0 Å². The van der Waals surface area contributed by atoms with Gasteiger partial charge in [0.2, 0.25) is 0 Å². The van der Waals surface area contributed by atoms with Gasteiger partial charge >= 0.3 is 6.09 Å². The van der Waals surface area contributed by atoms with Crippen molar-refractivity contribution in [2.24, 2.45) is 5.92 Å². The van der Waals surface area contributed by atoms with Crippen molar-refractivity contribution in [3.8, 4) is 11.1 Å². The Morgan fingerprint density at radius 3 is 2.61 bits per heavy atom. The molecule has 0 saturated carbocycles. The summed E-state index contributed by atoms with van der Waals surface area (Å²) in [6.07, 6.45) is 3.46. The van der Waals surface area contributed by atoms with Crippen LogP contribution in [-0.4, -0.2) is 47.1 Å². The van der Waals surface area contributed by atoms with Gasteiger partial charge < -0.3 is 24.4 Å². The van der Waals surface area contributed by atoms with Crippen LogP contribution in [0, 0.1) is 5.92 Å². The molecule has 36 heavy (non-hydrogen) atoms. The molecule has 8 nitrogen and oxygen atoms in total. The van der Waals surface area contributed by atoms with Gasteiger partial charge in [-0.2, -0.15) is 0 Å². The molecule has 3 heterocycles. The van der Waals surface area contributed by atoms with Gasteiger partial charge in [0.15, 0.2) is 0 Å². The number of ether oxygens (including phenoxy) is 1. The SMILES string of the molecule is CC(C)(C)OC(=O)NCC1CCN(C(=O)c2coc3c(C(C)(C)C)cc(-c4ccc[nH]c4=O)cc23)C1. The third-order valence-corrected chi connectivity index (χ3v) is 6.35. The second kappa shape index (κ2) is 9.48. The predicted octanol–water partition coefficient (Wildman–Crippen LogP) is 5.07. The van der Waals surface area contributed by atoms with Crippen LogP contribution < -0.4 is 10.9 Å². The number of alkyl carbamates (subject to hydrolysis) is 1. The number of nitrogens with one attached hydrogen (secondary N) is 2. The van der Waals surface area contributed by atoms with E-state index in [9.17, 15) is 14.4 Å². The van der Waals surface area contributed by atoms with Crippen molar-refractivity contribution in [3.63, 3.8) is 0 Å². The lowest BCUT2D eigenvalue weighted by molar-refractivity contribution is 0.0520. The van der Waals surface area contributed by atoms with Crippen LogP contribution in [0.1, 0.15) is 63.9 Å². The molecule has 1 fully saturated rings. The molecule has 2 amide bonds. The number of furan rings is 1. The summed E-state index contributed by atoms with van der Waals surface area (Å²) >= 11 is 0. The molecule has 1 saturated heterocycles. The van der Waals surface area contributed by atoms with E-state index in [-0.39, 0.29) is 22.8 Å². The molecule has 8 heteroatoms. The van der Waals surface area contributed by atoms with Crippen molar-refractivity contribution in [2.75, 3.05) is 19.6 Å². The number of benzene rings is 1. The lowest BCUT2D eigenvalue weighted by atomic mass is 9.84. The molecule has 2 aromatic heterocycles. The highest BCUT2D eigenvalue weighted by molar-refractivity contribution is 6.07. The maximum Gasteiger partial charge on any atom is 0.407 e. The number of H-pyrrole nitrogens is 1. The summed E-state index contributed by atoms with van der Waals surface area (Å²) < 4.78 is 11.3. The normalized spacial score (nSPS) is 16.4. The van der Waals surface area contributed by atoms with Gasteiger partial charge in [-0.3, -0.25) is 9.59 Å². The smallest absolute Gasteiger partial charge is 0.407 e. The standard InChI is InChI=1S/C28H35N3O5/c1-27(2,3)22-13-18(19-8-7-10-29-24(19)32)12-20-21(16-35-23(20)22)25(33)31-11-9-17(15-31)14-30-26(34)36-28(4,5)6/h7-8,10,12-13,16-17H,9,11,14-15H2,1-6H3,(H,29,32)(H,30,34). The first kappa shape index (κ1) is 25.5. The van der Waals surface area contributed by atoms with Gasteiger partial charge in [0, 0.05) is 42.3 Å². The highest BCUT2D eigenvalue weighted by Gasteiger charge is 2.31. The van der Waals surface area contributed by atoms with E-state index in [1.807, 2.05) is 32.9 Å². The third kappa shape index (κ3) is 5.48. The quantitative estimate of drug-likeness (QED) is 0.528. The summed E-state index contributed by atoms with van der Waals surface area (Å²) in [6, 6.07) is 7.40. The average molecular weight is 494 g/mol. The Labute approximate surface area is 211 Å². The zero-order valence-electron chi connectivity index (χ0n) is 21.9. The van der Waals surface area contributed by atoms with E-state index < -0.39 is 11.7 Å². The summed E-state index contributed by atoms with van der Waals surface area (Å²) in [7, 11) is 0. The molecule has 3 aromatic rings. The fourth-order valence-electron chi connectivity index (χ4n) is 4.56. The maximum atomic E-state index is 13.6. The van der Waals surface area contributed by atoms with Crippen molar-refractivity contribution >= 4 is 23.0 Å². The van der Waals surface area contributed by atoms with Crippen LogP contribution in [0.2, 0.25) is 0 Å². The minimum absolute atomic E-state index is 0.118. The van der Waals surface area contributed by atoms with Crippen LogP contribution in [0.5, 0.6) is 0 Å². The van der Waals surface area contributed by atoms with Crippen LogP contribution in [-0.2, 0) is 10.2 Å². The zero-order valence-corrected chi connectivity index (χ0v) is 21.9. The van der Waals surface area contributed by atoms with E-state index in [1.165, 1.54) is 6.26 Å². The largest absolute Gasteiger partial charge is 0.463 e. The summed E-state index contributed by atoms with van der Waals surface area (Å²) in [5.74, 6) is 0.0238. The fourth-order valence-corrected chi connectivity index (χ4v) is 4.56. The highest BCUT2D eigenvalue weighted by atomic mass is 16.6. The molecule has 192 valence electrons. The van der Waals surface area contributed by atoms with Crippen LogP contribution in [0.3, 0.4) is 0 Å². The lowest BCUT2D eigenvalue weighted by Gasteiger charge is -2.21. The van der Waals surface area contributed by atoms with Crippen molar-refractivity contribution in [1.29, 1.82) is 0 Å². The molecule has 0 radical (unpaired) electrons. The minimum Gasteiger partial charge on any atom is -0.463 e. The topological polar surface area (TPSA) is 105 Å². The second-order valence-electron chi connectivity index (χ2n) is 11.5. The van der Waals surface area contributed by atoms with E-state index in [0.717, 1.165) is 17.5 Å². The van der Waals surface area contributed by atoms with Crippen molar-refractivity contribution in [1.82, 2.24) is 15.2 Å². The van der Waals surface area contributed by atoms with E-state index in [2.05, 4.69) is 31.1 Å². The summed E-state index contributed by atoms with van der Waals surface area (Å²) in [5.41, 5.74) is 2.34. The molecule has 1 unspecified atom stereocenters. The number of hydrogen-bond acceptors (Lipinski definition) is 5. The molecule has 1 aliphatic rings. The highest BCUT2D eigenvalue weighted by Crippen LogP contribution is 2.37.